The number of rotatable bonds is 9. The standard InChI is InChI=1S/C34H30N4O5S/c1-22-23(2)36-43-33(22)37-44(40,41)31-14-7-6-13-30(31)29-16-15-26(34-35-17-18-42-34)19-27(29)21-38(3)32(39)20-25-11-8-10-24-9-4-5-12-28(24)25/h4-19,37H,20-21H2,1-3H3. The Hall–Kier alpha value is -5.22. The molecule has 6 aromatic rings. The number of aromatic nitrogens is 2. The number of nitrogens with one attached hydrogen (secondary N) is 1. The number of amides is 1. The van der Waals surface area contributed by atoms with E-state index in [9.17, 15) is 13.2 Å². The van der Waals surface area contributed by atoms with Gasteiger partial charge in [-0.25, -0.2) is 18.1 Å². The van der Waals surface area contributed by atoms with Gasteiger partial charge in [-0.2, -0.15) is 0 Å². The van der Waals surface area contributed by atoms with Gasteiger partial charge in [-0.15, -0.1) is 0 Å². The molecule has 9 nitrogen and oxygen atoms in total. The van der Waals surface area contributed by atoms with Crippen molar-refractivity contribution in [1.29, 1.82) is 0 Å². The number of likely N-dealkylation sites (N-methyl/N-ethyl adjacent to an activating group) is 1. The van der Waals surface area contributed by atoms with Gasteiger partial charge in [0, 0.05) is 30.3 Å². The molecular formula is C34H30N4O5S. The van der Waals surface area contributed by atoms with Gasteiger partial charge in [0.1, 0.15) is 6.26 Å². The van der Waals surface area contributed by atoms with E-state index in [1.807, 2.05) is 60.7 Å². The topological polar surface area (TPSA) is 119 Å². The molecule has 0 aliphatic rings. The van der Waals surface area contributed by atoms with Crippen molar-refractivity contribution in [3.05, 3.63) is 120 Å². The van der Waals surface area contributed by atoms with Gasteiger partial charge in [0.25, 0.3) is 10.0 Å². The van der Waals surface area contributed by atoms with Crippen molar-refractivity contribution in [2.45, 2.75) is 31.7 Å². The number of fused-ring (bicyclic) bond motifs is 1. The summed E-state index contributed by atoms with van der Waals surface area (Å²) in [5.74, 6) is 0.407. The van der Waals surface area contributed by atoms with Gasteiger partial charge >= 0.3 is 0 Å². The smallest absolute Gasteiger partial charge is 0.264 e. The first-order chi connectivity index (χ1) is 21.2. The first-order valence-electron chi connectivity index (χ1n) is 14.0. The fourth-order valence-electron chi connectivity index (χ4n) is 5.19. The molecule has 4 aromatic carbocycles. The zero-order chi connectivity index (χ0) is 30.8. The second-order valence-corrected chi connectivity index (χ2v) is 12.2. The Morgan fingerprint density at radius 1 is 0.909 bits per heavy atom. The van der Waals surface area contributed by atoms with Crippen LogP contribution in [0.15, 0.2) is 111 Å². The molecule has 6 rings (SSSR count). The average Bonchev–Trinajstić information content (AvgIpc) is 3.68. The van der Waals surface area contributed by atoms with Crippen molar-refractivity contribution in [1.82, 2.24) is 15.0 Å². The fourth-order valence-corrected chi connectivity index (χ4v) is 6.46. The van der Waals surface area contributed by atoms with Crippen molar-refractivity contribution in [3.63, 3.8) is 0 Å². The number of aryl methyl sites for hydroxylation is 1. The molecule has 0 unspecified atom stereocenters. The Morgan fingerprint density at radius 3 is 2.45 bits per heavy atom. The Morgan fingerprint density at radius 2 is 1.68 bits per heavy atom. The molecule has 0 bridgehead atoms. The van der Waals surface area contributed by atoms with E-state index in [1.54, 1.807) is 50.2 Å². The molecule has 44 heavy (non-hydrogen) atoms. The average molecular weight is 607 g/mol. The van der Waals surface area contributed by atoms with Crippen LogP contribution in [-0.2, 0) is 27.8 Å². The number of nitrogens with zero attached hydrogens (tertiary/aromatic N) is 3. The minimum absolute atomic E-state index is 0.0586. The Kier molecular flexibility index (Phi) is 7.75. The highest BCUT2D eigenvalue weighted by Crippen LogP contribution is 2.35. The number of hydrogen-bond donors (Lipinski definition) is 1. The van der Waals surface area contributed by atoms with Crippen molar-refractivity contribution in [2.75, 3.05) is 11.8 Å². The van der Waals surface area contributed by atoms with E-state index in [4.69, 9.17) is 8.94 Å². The van der Waals surface area contributed by atoms with Gasteiger partial charge in [-0.3, -0.25) is 4.79 Å². The molecule has 0 aliphatic carbocycles. The van der Waals surface area contributed by atoms with Crippen LogP contribution < -0.4 is 4.72 Å². The van der Waals surface area contributed by atoms with Crippen LogP contribution >= 0.6 is 0 Å². The van der Waals surface area contributed by atoms with Crippen LogP contribution in [0.5, 0.6) is 0 Å². The predicted molar refractivity (Wildman–Crippen MR) is 168 cm³/mol. The molecule has 0 saturated carbocycles. The normalized spacial score (nSPS) is 11.5. The minimum atomic E-state index is -4.07. The van der Waals surface area contributed by atoms with Crippen molar-refractivity contribution >= 4 is 32.6 Å². The van der Waals surface area contributed by atoms with Gasteiger partial charge in [-0.05, 0) is 59.5 Å². The number of oxazole rings is 1. The van der Waals surface area contributed by atoms with E-state index in [1.165, 1.54) is 12.3 Å². The van der Waals surface area contributed by atoms with Gasteiger partial charge in [0.15, 0.2) is 0 Å². The van der Waals surface area contributed by atoms with Gasteiger partial charge in [0.2, 0.25) is 17.7 Å². The van der Waals surface area contributed by atoms with E-state index < -0.39 is 10.0 Å². The predicted octanol–water partition coefficient (Wildman–Crippen LogP) is 6.77. The number of hydrogen-bond acceptors (Lipinski definition) is 7. The first kappa shape index (κ1) is 28.9. The second kappa shape index (κ2) is 11.8. The van der Waals surface area contributed by atoms with Crippen LogP contribution in [0.4, 0.5) is 5.88 Å². The zero-order valence-electron chi connectivity index (χ0n) is 24.4. The number of anilines is 1. The molecule has 0 atom stereocenters. The summed E-state index contributed by atoms with van der Waals surface area (Å²) in [6.45, 7) is 3.69. The summed E-state index contributed by atoms with van der Waals surface area (Å²) in [4.78, 5) is 19.5. The number of carbonyl (C=O) groups excluding carboxylic acids is 1. The molecular weight excluding hydrogens is 576 g/mol. The summed E-state index contributed by atoms with van der Waals surface area (Å²) in [5, 5.41) is 5.97. The zero-order valence-corrected chi connectivity index (χ0v) is 25.3. The Labute approximate surface area is 255 Å². The quantitative estimate of drug-likeness (QED) is 0.193. The van der Waals surface area contributed by atoms with Gasteiger partial charge in [-0.1, -0.05) is 71.9 Å². The minimum Gasteiger partial charge on any atom is -0.445 e. The van der Waals surface area contributed by atoms with Crippen molar-refractivity contribution < 1.29 is 22.2 Å². The van der Waals surface area contributed by atoms with Crippen LogP contribution in [0.25, 0.3) is 33.4 Å². The summed E-state index contributed by atoms with van der Waals surface area (Å²) in [6.07, 6.45) is 3.27. The van der Waals surface area contributed by atoms with E-state index >= 15 is 0 Å². The molecule has 0 radical (unpaired) electrons. The molecule has 0 saturated heterocycles. The molecule has 1 amide bonds. The maximum atomic E-state index is 13.7. The highest BCUT2D eigenvalue weighted by Gasteiger charge is 2.25. The third-order valence-electron chi connectivity index (χ3n) is 7.69. The molecule has 0 fully saturated rings. The molecule has 0 spiro atoms. The summed E-state index contributed by atoms with van der Waals surface area (Å²) in [5.41, 5.74) is 4.69. The summed E-state index contributed by atoms with van der Waals surface area (Å²) >= 11 is 0. The lowest BCUT2D eigenvalue weighted by atomic mass is 9.96. The highest BCUT2D eigenvalue weighted by atomic mass is 32.2. The number of sulfonamides is 1. The van der Waals surface area contributed by atoms with Crippen LogP contribution in [0.1, 0.15) is 22.4 Å². The molecule has 222 valence electrons. The SMILES string of the molecule is Cc1noc(NS(=O)(=O)c2ccccc2-c2ccc(-c3ncco3)cc2CN(C)C(=O)Cc2cccc3ccccc23)c1C. The lowest BCUT2D eigenvalue weighted by Crippen LogP contribution is -2.28. The Bertz CT molecular complexity index is 2080. The van der Waals surface area contributed by atoms with E-state index in [2.05, 4.69) is 14.9 Å². The van der Waals surface area contributed by atoms with E-state index in [0.29, 0.717) is 33.8 Å². The van der Waals surface area contributed by atoms with Gasteiger partial charge < -0.3 is 13.8 Å². The summed E-state index contributed by atoms with van der Waals surface area (Å²) in [6, 6.07) is 26.2. The highest BCUT2D eigenvalue weighted by molar-refractivity contribution is 7.92. The second-order valence-electron chi connectivity index (χ2n) is 10.6. The summed E-state index contributed by atoms with van der Waals surface area (Å²) < 4.78 is 40.7. The van der Waals surface area contributed by atoms with Crippen LogP contribution in [-0.4, -0.2) is 36.4 Å². The third kappa shape index (κ3) is 5.71. The molecule has 10 heteroatoms. The van der Waals surface area contributed by atoms with E-state index in [0.717, 1.165) is 21.9 Å². The largest absolute Gasteiger partial charge is 0.445 e. The lowest BCUT2D eigenvalue weighted by Gasteiger charge is -2.21. The maximum absolute atomic E-state index is 13.7. The summed E-state index contributed by atoms with van der Waals surface area (Å²) in [7, 11) is -2.33. The molecule has 1 N–H and O–H groups in total. The number of benzene rings is 4. The van der Waals surface area contributed by atoms with Crippen LogP contribution in [0.3, 0.4) is 0 Å². The fraction of sp³-hybridized carbons (Fsp3) is 0.147. The Balaban J connectivity index is 1.37. The van der Waals surface area contributed by atoms with Crippen LogP contribution in [0.2, 0.25) is 0 Å². The maximum Gasteiger partial charge on any atom is 0.264 e. The first-order valence-corrected chi connectivity index (χ1v) is 15.5. The molecule has 0 aliphatic heterocycles. The van der Waals surface area contributed by atoms with E-state index in [-0.39, 0.29) is 29.7 Å². The molecule has 2 aromatic heterocycles. The van der Waals surface area contributed by atoms with Crippen LogP contribution in [0, 0.1) is 13.8 Å². The lowest BCUT2D eigenvalue weighted by molar-refractivity contribution is -0.129. The monoisotopic (exact) mass is 606 g/mol. The van der Waals surface area contributed by atoms with Gasteiger partial charge in [0.05, 0.1) is 23.2 Å². The molecule has 2 heterocycles. The third-order valence-corrected chi connectivity index (χ3v) is 9.08. The number of carbonyl (C=O) groups is 1. The van der Waals surface area contributed by atoms with Crippen molar-refractivity contribution in [3.8, 4) is 22.6 Å². The van der Waals surface area contributed by atoms with Crippen molar-refractivity contribution in [2.24, 2.45) is 0 Å².